The first-order valence-corrected chi connectivity index (χ1v) is 4.00. The molecule has 0 heterocycles. The second-order valence-corrected chi connectivity index (χ2v) is 3.10. The highest BCUT2D eigenvalue weighted by atomic mass is 16.1. The van der Waals surface area contributed by atoms with E-state index in [1.807, 2.05) is 6.08 Å². The molecule has 11 heavy (non-hydrogen) atoms. The Morgan fingerprint density at radius 2 is 2.09 bits per heavy atom. The molecule has 0 spiro atoms. The van der Waals surface area contributed by atoms with Crippen LogP contribution in [0.2, 0.25) is 0 Å². The van der Waals surface area contributed by atoms with Crippen molar-refractivity contribution in [1.29, 1.82) is 0 Å². The van der Waals surface area contributed by atoms with Crippen molar-refractivity contribution in [2.24, 2.45) is 5.73 Å². The van der Waals surface area contributed by atoms with Crippen molar-refractivity contribution >= 4 is 5.78 Å². The molecule has 0 aromatic heterocycles. The molecule has 0 aromatic carbocycles. The Bertz CT molecular complexity index is 269. The molecule has 0 bridgehead atoms. The van der Waals surface area contributed by atoms with E-state index in [4.69, 9.17) is 5.73 Å². The Kier molecular flexibility index (Phi) is 1.34. The molecule has 0 radical (unpaired) electrons. The largest absolute Gasteiger partial charge is 0.398 e. The molecule has 58 valence electrons. The van der Waals surface area contributed by atoms with Crippen LogP contribution in [0.25, 0.3) is 0 Å². The standard InChI is InChI=1S/C9H11NO/c10-7-3-1-2-6-4-5-8(11)9(6)7/h3H,1-2,4-5,10H2. The third-order valence-electron chi connectivity index (χ3n) is 2.39. The van der Waals surface area contributed by atoms with Crippen molar-refractivity contribution in [3.05, 3.63) is 22.9 Å². The zero-order valence-corrected chi connectivity index (χ0v) is 6.39. The van der Waals surface area contributed by atoms with Crippen LogP contribution in [0.1, 0.15) is 25.7 Å². The lowest BCUT2D eigenvalue weighted by atomic mass is 9.97. The fourth-order valence-electron chi connectivity index (χ4n) is 1.83. The van der Waals surface area contributed by atoms with Gasteiger partial charge >= 0.3 is 0 Å². The summed E-state index contributed by atoms with van der Waals surface area (Å²) < 4.78 is 0. The molecule has 2 rings (SSSR count). The van der Waals surface area contributed by atoms with Crippen LogP contribution < -0.4 is 5.73 Å². The number of carbonyl (C=O) groups is 1. The van der Waals surface area contributed by atoms with E-state index in [1.54, 1.807) is 0 Å². The third kappa shape index (κ3) is 0.897. The van der Waals surface area contributed by atoms with E-state index in [0.29, 0.717) is 12.1 Å². The molecular formula is C9H11NO. The Balaban J connectivity index is 2.44. The number of hydrogen-bond donors (Lipinski definition) is 1. The number of ketones is 1. The first-order chi connectivity index (χ1) is 5.29. The summed E-state index contributed by atoms with van der Waals surface area (Å²) in [6, 6.07) is 0. The molecule has 2 aliphatic rings. The number of nitrogens with two attached hydrogens (primary N) is 1. The zero-order valence-electron chi connectivity index (χ0n) is 6.39. The van der Waals surface area contributed by atoms with Gasteiger partial charge in [-0.25, -0.2) is 0 Å². The highest BCUT2D eigenvalue weighted by Gasteiger charge is 2.25. The van der Waals surface area contributed by atoms with Crippen molar-refractivity contribution < 1.29 is 4.79 Å². The third-order valence-corrected chi connectivity index (χ3v) is 2.39. The summed E-state index contributed by atoms with van der Waals surface area (Å²) >= 11 is 0. The molecule has 0 atom stereocenters. The summed E-state index contributed by atoms with van der Waals surface area (Å²) in [5, 5.41) is 0. The average molecular weight is 149 g/mol. The van der Waals surface area contributed by atoms with Crippen molar-refractivity contribution in [1.82, 2.24) is 0 Å². The van der Waals surface area contributed by atoms with Gasteiger partial charge in [0.15, 0.2) is 5.78 Å². The van der Waals surface area contributed by atoms with Gasteiger partial charge in [0, 0.05) is 17.7 Å². The Hall–Kier alpha value is -1.05. The van der Waals surface area contributed by atoms with E-state index in [9.17, 15) is 4.79 Å². The quantitative estimate of drug-likeness (QED) is 0.563. The summed E-state index contributed by atoms with van der Waals surface area (Å²) in [7, 11) is 0. The molecule has 2 aliphatic carbocycles. The van der Waals surface area contributed by atoms with E-state index < -0.39 is 0 Å². The highest BCUT2D eigenvalue weighted by Crippen LogP contribution is 2.32. The van der Waals surface area contributed by atoms with Gasteiger partial charge in [0.05, 0.1) is 0 Å². The maximum atomic E-state index is 11.2. The minimum Gasteiger partial charge on any atom is -0.398 e. The lowest BCUT2D eigenvalue weighted by Gasteiger charge is -2.10. The molecule has 0 aliphatic heterocycles. The van der Waals surface area contributed by atoms with Gasteiger partial charge in [0.2, 0.25) is 0 Å². The molecule has 2 heteroatoms. The molecule has 0 fully saturated rings. The molecule has 2 nitrogen and oxygen atoms in total. The Morgan fingerprint density at radius 3 is 2.82 bits per heavy atom. The highest BCUT2D eigenvalue weighted by molar-refractivity contribution is 6.02. The minimum absolute atomic E-state index is 0.244. The Labute approximate surface area is 65.8 Å². The van der Waals surface area contributed by atoms with Crippen LogP contribution in [0, 0.1) is 0 Å². The molecule has 0 saturated heterocycles. The average Bonchev–Trinajstić information content (AvgIpc) is 2.34. The molecule has 0 unspecified atom stereocenters. The van der Waals surface area contributed by atoms with Crippen molar-refractivity contribution in [3.8, 4) is 0 Å². The molecule has 0 saturated carbocycles. The van der Waals surface area contributed by atoms with Gasteiger partial charge in [-0.2, -0.15) is 0 Å². The van der Waals surface area contributed by atoms with E-state index >= 15 is 0 Å². The van der Waals surface area contributed by atoms with E-state index in [0.717, 1.165) is 24.8 Å². The van der Waals surface area contributed by atoms with Crippen molar-refractivity contribution in [2.75, 3.05) is 0 Å². The van der Waals surface area contributed by atoms with Crippen molar-refractivity contribution in [3.63, 3.8) is 0 Å². The Morgan fingerprint density at radius 1 is 1.27 bits per heavy atom. The molecule has 0 amide bonds. The van der Waals surface area contributed by atoms with Crippen LogP contribution >= 0.6 is 0 Å². The smallest absolute Gasteiger partial charge is 0.165 e. The second-order valence-electron chi connectivity index (χ2n) is 3.10. The van der Waals surface area contributed by atoms with Gasteiger partial charge in [-0.05, 0) is 19.3 Å². The number of Topliss-reactive ketones (excluding diaryl/α,β-unsaturated/α-hetero) is 1. The van der Waals surface area contributed by atoms with Crippen LogP contribution in [0.5, 0.6) is 0 Å². The van der Waals surface area contributed by atoms with Crippen LogP contribution in [-0.2, 0) is 4.79 Å². The first-order valence-electron chi connectivity index (χ1n) is 4.00. The summed E-state index contributed by atoms with van der Waals surface area (Å²) in [5.74, 6) is 0.244. The fourth-order valence-corrected chi connectivity index (χ4v) is 1.83. The topological polar surface area (TPSA) is 43.1 Å². The molecule has 0 aromatic rings. The number of hydrogen-bond acceptors (Lipinski definition) is 2. The maximum Gasteiger partial charge on any atom is 0.165 e. The number of allylic oxidation sites excluding steroid dienone is 3. The van der Waals surface area contributed by atoms with Gasteiger partial charge in [-0.3, -0.25) is 4.79 Å². The van der Waals surface area contributed by atoms with Crippen LogP contribution in [0.3, 0.4) is 0 Å². The van der Waals surface area contributed by atoms with Crippen LogP contribution in [0.4, 0.5) is 0 Å². The van der Waals surface area contributed by atoms with Crippen LogP contribution in [-0.4, -0.2) is 5.78 Å². The predicted molar refractivity (Wildman–Crippen MR) is 42.8 cm³/mol. The van der Waals surface area contributed by atoms with E-state index in [1.165, 1.54) is 5.57 Å². The summed E-state index contributed by atoms with van der Waals surface area (Å²) in [5.41, 5.74) is 8.54. The summed E-state index contributed by atoms with van der Waals surface area (Å²) in [6.07, 6.45) is 5.64. The van der Waals surface area contributed by atoms with Gasteiger partial charge < -0.3 is 5.73 Å². The zero-order chi connectivity index (χ0) is 7.84. The van der Waals surface area contributed by atoms with Crippen LogP contribution in [0.15, 0.2) is 22.9 Å². The van der Waals surface area contributed by atoms with Gasteiger partial charge in [-0.1, -0.05) is 11.6 Å². The second kappa shape index (κ2) is 2.22. The van der Waals surface area contributed by atoms with Gasteiger partial charge in [0.1, 0.15) is 0 Å². The summed E-state index contributed by atoms with van der Waals surface area (Å²) in [4.78, 5) is 11.2. The van der Waals surface area contributed by atoms with Crippen molar-refractivity contribution in [2.45, 2.75) is 25.7 Å². The molecule has 2 N–H and O–H groups in total. The fraction of sp³-hybridized carbons (Fsp3) is 0.444. The summed E-state index contributed by atoms with van der Waals surface area (Å²) in [6.45, 7) is 0. The number of carbonyl (C=O) groups excluding carboxylic acids is 1. The lowest BCUT2D eigenvalue weighted by molar-refractivity contribution is -0.114. The maximum absolute atomic E-state index is 11.2. The van der Waals surface area contributed by atoms with Gasteiger partial charge in [0.25, 0.3) is 0 Å². The monoisotopic (exact) mass is 149 g/mol. The lowest BCUT2D eigenvalue weighted by Crippen LogP contribution is -2.10. The SMILES string of the molecule is NC1=CCCC2=C1C(=O)CC2. The van der Waals surface area contributed by atoms with E-state index in [-0.39, 0.29) is 5.78 Å². The predicted octanol–water partition coefficient (Wildman–Crippen LogP) is 1.28. The van der Waals surface area contributed by atoms with Gasteiger partial charge in [-0.15, -0.1) is 0 Å². The number of rotatable bonds is 0. The molecular weight excluding hydrogens is 138 g/mol. The normalized spacial score (nSPS) is 23.6. The minimum atomic E-state index is 0.244. The van der Waals surface area contributed by atoms with E-state index in [2.05, 4.69) is 0 Å². The first kappa shape index (κ1) is 6.65.